The maximum atomic E-state index is 5.90. The summed E-state index contributed by atoms with van der Waals surface area (Å²) in [6.45, 7) is 5.85. The first-order valence-electron chi connectivity index (χ1n) is 7.12. The average molecular weight is 300 g/mol. The third kappa shape index (κ3) is 2.88. The van der Waals surface area contributed by atoms with Crippen molar-refractivity contribution in [3.63, 3.8) is 0 Å². The van der Waals surface area contributed by atoms with E-state index in [0.29, 0.717) is 6.54 Å². The smallest absolute Gasteiger partial charge is 0.129 e. The van der Waals surface area contributed by atoms with E-state index in [4.69, 9.17) is 16.6 Å². The van der Waals surface area contributed by atoms with Crippen LogP contribution in [0.25, 0.3) is 11.0 Å². The van der Waals surface area contributed by atoms with Crippen molar-refractivity contribution in [2.45, 2.75) is 26.9 Å². The third-order valence-electron chi connectivity index (χ3n) is 3.59. The zero-order chi connectivity index (χ0) is 14.8. The predicted octanol–water partition coefficient (Wildman–Crippen LogP) is 4.63. The van der Waals surface area contributed by atoms with E-state index in [1.807, 2.05) is 24.3 Å². The summed E-state index contributed by atoms with van der Waals surface area (Å²) in [4.78, 5) is 4.75. The van der Waals surface area contributed by atoms with Crippen LogP contribution in [0.1, 0.15) is 18.3 Å². The molecule has 0 unspecified atom stereocenters. The molecule has 4 heteroatoms. The lowest BCUT2D eigenvalue weighted by molar-refractivity contribution is 0.729. The van der Waals surface area contributed by atoms with Crippen LogP contribution in [0.3, 0.4) is 0 Å². The minimum atomic E-state index is 0.698. The van der Waals surface area contributed by atoms with Gasteiger partial charge < -0.3 is 9.88 Å². The Balaban J connectivity index is 1.87. The van der Waals surface area contributed by atoms with Crippen molar-refractivity contribution in [1.82, 2.24) is 9.55 Å². The first-order valence-corrected chi connectivity index (χ1v) is 7.50. The number of fused-ring (bicyclic) bond motifs is 1. The number of hydrogen-bond acceptors (Lipinski definition) is 2. The molecule has 0 atom stereocenters. The molecule has 0 aliphatic carbocycles. The van der Waals surface area contributed by atoms with Gasteiger partial charge in [-0.3, -0.25) is 0 Å². The number of rotatable bonds is 4. The molecule has 3 nitrogen and oxygen atoms in total. The van der Waals surface area contributed by atoms with Crippen LogP contribution in [0.15, 0.2) is 42.5 Å². The van der Waals surface area contributed by atoms with E-state index in [9.17, 15) is 0 Å². The normalized spacial score (nSPS) is 11.0. The Bertz CT molecular complexity index is 760. The van der Waals surface area contributed by atoms with E-state index < -0.39 is 0 Å². The van der Waals surface area contributed by atoms with E-state index >= 15 is 0 Å². The van der Waals surface area contributed by atoms with E-state index in [1.165, 1.54) is 11.1 Å². The van der Waals surface area contributed by atoms with Gasteiger partial charge in [-0.15, -0.1) is 0 Å². The highest BCUT2D eigenvalue weighted by molar-refractivity contribution is 6.30. The van der Waals surface area contributed by atoms with Gasteiger partial charge in [0.25, 0.3) is 0 Å². The number of hydrogen-bond donors (Lipinski definition) is 1. The molecular formula is C17H18ClN3. The van der Waals surface area contributed by atoms with Crippen molar-refractivity contribution >= 4 is 28.3 Å². The van der Waals surface area contributed by atoms with Gasteiger partial charge in [-0.25, -0.2) is 4.98 Å². The van der Waals surface area contributed by atoms with Crippen LogP contribution in [-0.2, 0) is 13.1 Å². The summed E-state index contributed by atoms with van der Waals surface area (Å²) in [6.07, 6.45) is 0. The summed E-state index contributed by atoms with van der Waals surface area (Å²) < 4.78 is 2.25. The summed E-state index contributed by atoms with van der Waals surface area (Å²) in [5.74, 6) is 1.05. The number of aromatic nitrogens is 2. The molecule has 0 fully saturated rings. The maximum absolute atomic E-state index is 5.90. The molecule has 3 aromatic rings. The molecule has 1 heterocycles. The van der Waals surface area contributed by atoms with Crippen molar-refractivity contribution < 1.29 is 0 Å². The molecule has 0 bridgehead atoms. The highest BCUT2D eigenvalue weighted by Crippen LogP contribution is 2.19. The Morgan fingerprint density at radius 1 is 1.14 bits per heavy atom. The van der Waals surface area contributed by atoms with Crippen LogP contribution in [0.2, 0.25) is 5.02 Å². The summed E-state index contributed by atoms with van der Waals surface area (Å²) >= 11 is 5.90. The fourth-order valence-electron chi connectivity index (χ4n) is 2.53. The highest BCUT2D eigenvalue weighted by Gasteiger charge is 2.09. The molecule has 1 aromatic heterocycles. The quantitative estimate of drug-likeness (QED) is 0.761. The summed E-state index contributed by atoms with van der Waals surface area (Å²) in [6, 6.07) is 14.1. The second kappa shape index (κ2) is 5.78. The fourth-order valence-corrected chi connectivity index (χ4v) is 2.65. The number of anilines is 1. The van der Waals surface area contributed by atoms with Gasteiger partial charge in [0.2, 0.25) is 0 Å². The number of benzene rings is 2. The van der Waals surface area contributed by atoms with E-state index in [-0.39, 0.29) is 0 Å². The van der Waals surface area contributed by atoms with Gasteiger partial charge in [0.05, 0.1) is 17.6 Å². The molecule has 0 spiro atoms. The average Bonchev–Trinajstić information content (AvgIpc) is 2.83. The first-order chi connectivity index (χ1) is 10.2. The fraction of sp³-hybridized carbons (Fsp3) is 0.235. The summed E-state index contributed by atoms with van der Waals surface area (Å²) in [7, 11) is 0. The van der Waals surface area contributed by atoms with Crippen molar-refractivity contribution in [3.8, 4) is 0 Å². The third-order valence-corrected chi connectivity index (χ3v) is 3.85. The molecular weight excluding hydrogens is 282 g/mol. The Labute approximate surface area is 129 Å². The highest BCUT2D eigenvalue weighted by atomic mass is 35.5. The Morgan fingerprint density at radius 2 is 1.90 bits per heavy atom. The number of aryl methyl sites for hydroxylation is 2. The summed E-state index contributed by atoms with van der Waals surface area (Å²) in [5.41, 5.74) is 4.53. The zero-order valence-corrected chi connectivity index (χ0v) is 13.0. The van der Waals surface area contributed by atoms with Gasteiger partial charge in [-0.05, 0) is 55.8 Å². The van der Waals surface area contributed by atoms with Crippen LogP contribution in [0.5, 0.6) is 0 Å². The minimum absolute atomic E-state index is 0.698. The lowest BCUT2D eigenvalue weighted by atomic mass is 10.2. The van der Waals surface area contributed by atoms with Crippen LogP contribution in [0, 0.1) is 6.92 Å². The second-order valence-electron chi connectivity index (χ2n) is 5.12. The van der Waals surface area contributed by atoms with Crippen LogP contribution in [-0.4, -0.2) is 9.55 Å². The van der Waals surface area contributed by atoms with Crippen LogP contribution in [0.4, 0.5) is 5.69 Å². The number of nitrogens with one attached hydrogen (secondary N) is 1. The number of imidazole rings is 1. The molecule has 0 aliphatic rings. The van der Waals surface area contributed by atoms with Crippen molar-refractivity contribution in [2.24, 2.45) is 0 Å². The summed E-state index contributed by atoms with van der Waals surface area (Å²) in [5, 5.41) is 4.14. The van der Waals surface area contributed by atoms with Gasteiger partial charge in [-0.1, -0.05) is 17.7 Å². The van der Waals surface area contributed by atoms with E-state index in [0.717, 1.165) is 28.6 Å². The molecule has 0 amide bonds. The van der Waals surface area contributed by atoms with Crippen LogP contribution >= 0.6 is 11.6 Å². The number of nitrogens with zero attached hydrogens (tertiary/aromatic N) is 2. The molecule has 0 radical (unpaired) electrons. The van der Waals surface area contributed by atoms with Gasteiger partial charge in [0.1, 0.15) is 5.82 Å². The van der Waals surface area contributed by atoms with Crippen LogP contribution < -0.4 is 5.32 Å². The van der Waals surface area contributed by atoms with Crippen molar-refractivity contribution in [1.29, 1.82) is 0 Å². The SMILES string of the molecule is CCn1c(CNc2ccc(Cl)cc2)nc2cc(C)ccc21. The minimum Gasteiger partial charge on any atom is -0.378 e. The largest absolute Gasteiger partial charge is 0.378 e. The second-order valence-corrected chi connectivity index (χ2v) is 5.56. The molecule has 1 N–H and O–H groups in total. The number of halogens is 1. The molecule has 3 rings (SSSR count). The van der Waals surface area contributed by atoms with Gasteiger partial charge in [-0.2, -0.15) is 0 Å². The van der Waals surface area contributed by atoms with Crippen molar-refractivity contribution in [3.05, 3.63) is 58.9 Å². The molecule has 2 aromatic carbocycles. The van der Waals surface area contributed by atoms with E-state index in [2.05, 4.69) is 41.9 Å². The predicted molar refractivity (Wildman–Crippen MR) is 88.9 cm³/mol. The topological polar surface area (TPSA) is 29.9 Å². The standard InChI is InChI=1S/C17H18ClN3/c1-3-21-16-9-4-12(2)10-15(16)20-17(21)11-19-14-7-5-13(18)6-8-14/h4-10,19H,3,11H2,1-2H3. The van der Waals surface area contributed by atoms with Crippen molar-refractivity contribution in [2.75, 3.05) is 5.32 Å². The molecule has 21 heavy (non-hydrogen) atoms. The molecule has 108 valence electrons. The molecule has 0 saturated carbocycles. The van der Waals surface area contributed by atoms with Gasteiger partial charge in [0, 0.05) is 17.3 Å². The van der Waals surface area contributed by atoms with E-state index in [1.54, 1.807) is 0 Å². The monoisotopic (exact) mass is 299 g/mol. The maximum Gasteiger partial charge on any atom is 0.129 e. The van der Waals surface area contributed by atoms with Gasteiger partial charge >= 0.3 is 0 Å². The van der Waals surface area contributed by atoms with Gasteiger partial charge in [0.15, 0.2) is 0 Å². The first kappa shape index (κ1) is 14.0. The Kier molecular flexibility index (Phi) is 3.84. The molecule has 0 saturated heterocycles. The molecule has 0 aliphatic heterocycles. The lowest BCUT2D eigenvalue weighted by Crippen LogP contribution is -2.07. The Hall–Kier alpha value is -2.00. The zero-order valence-electron chi connectivity index (χ0n) is 12.2. The lowest BCUT2D eigenvalue weighted by Gasteiger charge is -2.08. The Morgan fingerprint density at radius 3 is 2.62 bits per heavy atom.